The van der Waals surface area contributed by atoms with Crippen LogP contribution in [0.25, 0.3) is 0 Å². The van der Waals surface area contributed by atoms with Crippen molar-refractivity contribution < 1.29 is 4.79 Å². The van der Waals surface area contributed by atoms with Gasteiger partial charge in [0.05, 0.1) is 6.54 Å². The lowest BCUT2D eigenvalue weighted by molar-refractivity contribution is -0.115. The van der Waals surface area contributed by atoms with Gasteiger partial charge >= 0.3 is 0 Å². The Morgan fingerprint density at radius 3 is 2.76 bits per heavy atom. The van der Waals surface area contributed by atoms with Crippen LogP contribution in [0.2, 0.25) is 0 Å². The van der Waals surface area contributed by atoms with Gasteiger partial charge in [0.1, 0.15) is 0 Å². The Morgan fingerprint density at radius 1 is 1.24 bits per heavy atom. The van der Waals surface area contributed by atoms with Crippen molar-refractivity contribution in [1.29, 1.82) is 0 Å². The number of benzene rings is 2. The molecule has 0 aromatic heterocycles. The largest absolute Gasteiger partial charge is 0.399 e. The van der Waals surface area contributed by atoms with E-state index in [4.69, 9.17) is 5.73 Å². The minimum absolute atomic E-state index is 0.00327. The van der Waals surface area contributed by atoms with Gasteiger partial charge in [0, 0.05) is 23.6 Å². The molecule has 0 spiro atoms. The third-order valence-corrected chi connectivity index (χ3v) is 3.77. The topological polar surface area (TPSA) is 58.4 Å². The van der Waals surface area contributed by atoms with E-state index in [1.54, 1.807) is 0 Å². The van der Waals surface area contributed by atoms with Gasteiger partial charge in [-0.05, 0) is 49.2 Å². The van der Waals surface area contributed by atoms with Crippen molar-refractivity contribution in [1.82, 2.24) is 0 Å². The number of nitrogen functional groups attached to an aromatic ring is 1. The first-order chi connectivity index (χ1) is 10.1. The number of hydrogen-bond donors (Lipinski definition) is 2. The smallest absolute Gasteiger partial charge is 0.243 e. The zero-order valence-corrected chi connectivity index (χ0v) is 12.1. The molecule has 0 radical (unpaired) electrons. The van der Waals surface area contributed by atoms with Crippen molar-refractivity contribution in [3.63, 3.8) is 0 Å². The highest BCUT2D eigenvalue weighted by Gasteiger charge is 2.21. The number of nitrogens with two attached hydrogens (primary N) is 1. The molecule has 3 rings (SSSR count). The van der Waals surface area contributed by atoms with E-state index >= 15 is 0 Å². The van der Waals surface area contributed by atoms with Gasteiger partial charge in [0.25, 0.3) is 0 Å². The number of nitrogens with one attached hydrogen (secondary N) is 1. The third-order valence-electron chi connectivity index (χ3n) is 3.77. The average Bonchev–Trinajstić information content (AvgIpc) is 2.83. The number of carbonyl (C=O) groups excluding carboxylic acids is 1. The van der Waals surface area contributed by atoms with E-state index < -0.39 is 0 Å². The number of nitrogens with zero attached hydrogens (tertiary/aromatic N) is 1. The van der Waals surface area contributed by atoms with Gasteiger partial charge in [-0.2, -0.15) is 0 Å². The van der Waals surface area contributed by atoms with E-state index in [0.717, 1.165) is 30.0 Å². The van der Waals surface area contributed by atoms with Crippen LogP contribution < -0.4 is 16.0 Å². The third kappa shape index (κ3) is 2.99. The summed E-state index contributed by atoms with van der Waals surface area (Å²) in [7, 11) is 0. The van der Waals surface area contributed by atoms with Gasteiger partial charge in [0.15, 0.2) is 0 Å². The summed E-state index contributed by atoms with van der Waals surface area (Å²) < 4.78 is 0. The van der Waals surface area contributed by atoms with E-state index in [-0.39, 0.29) is 5.91 Å². The van der Waals surface area contributed by atoms with Crippen LogP contribution in [0, 0.1) is 6.92 Å². The van der Waals surface area contributed by atoms with Gasteiger partial charge in [-0.1, -0.05) is 17.7 Å². The van der Waals surface area contributed by atoms with Gasteiger partial charge in [-0.15, -0.1) is 0 Å². The van der Waals surface area contributed by atoms with Crippen LogP contribution in [-0.4, -0.2) is 19.0 Å². The summed E-state index contributed by atoms with van der Waals surface area (Å²) in [6, 6.07) is 13.7. The van der Waals surface area contributed by atoms with Gasteiger partial charge in [-0.3, -0.25) is 4.79 Å². The molecular formula is C17H19N3O. The fourth-order valence-electron chi connectivity index (χ4n) is 2.67. The maximum atomic E-state index is 12.2. The molecule has 1 amide bonds. The second-order valence-electron chi connectivity index (χ2n) is 5.47. The molecule has 1 aliphatic heterocycles. The lowest BCUT2D eigenvalue weighted by Gasteiger charge is -2.19. The van der Waals surface area contributed by atoms with Crippen molar-refractivity contribution in [3.8, 4) is 0 Å². The maximum Gasteiger partial charge on any atom is 0.243 e. The second kappa shape index (κ2) is 5.48. The van der Waals surface area contributed by atoms with E-state index in [1.165, 1.54) is 11.1 Å². The number of rotatable bonds is 3. The molecule has 0 fully saturated rings. The van der Waals surface area contributed by atoms with Crippen molar-refractivity contribution in [3.05, 3.63) is 53.6 Å². The van der Waals surface area contributed by atoms with Crippen LogP contribution in [0.3, 0.4) is 0 Å². The molecule has 4 nitrogen and oxygen atoms in total. The number of anilines is 3. The summed E-state index contributed by atoms with van der Waals surface area (Å²) in [5.41, 5.74) is 10.9. The van der Waals surface area contributed by atoms with Gasteiger partial charge in [-0.25, -0.2) is 0 Å². The van der Waals surface area contributed by atoms with Crippen molar-refractivity contribution >= 4 is 23.0 Å². The first kappa shape index (κ1) is 13.5. The molecule has 1 heterocycles. The summed E-state index contributed by atoms with van der Waals surface area (Å²) in [6.45, 7) is 3.25. The fourth-order valence-corrected chi connectivity index (χ4v) is 2.67. The van der Waals surface area contributed by atoms with E-state index in [0.29, 0.717) is 6.54 Å². The highest BCUT2D eigenvalue weighted by molar-refractivity contribution is 5.94. The Morgan fingerprint density at radius 2 is 2.00 bits per heavy atom. The molecule has 3 N–H and O–H groups in total. The van der Waals surface area contributed by atoms with Crippen molar-refractivity contribution in [2.75, 3.05) is 29.0 Å². The lowest BCUT2D eigenvalue weighted by Crippen LogP contribution is -2.31. The van der Waals surface area contributed by atoms with Crippen LogP contribution in [-0.2, 0) is 11.2 Å². The van der Waals surface area contributed by atoms with Crippen molar-refractivity contribution in [2.24, 2.45) is 0 Å². The summed E-state index contributed by atoms with van der Waals surface area (Å²) in [5.74, 6) is 0.00327. The van der Waals surface area contributed by atoms with Crippen LogP contribution in [0.5, 0.6) is 0 Å². The predicted octanol–water partition coefficient (Wildman–Crippen LogP) is 2.58. The standard InChI is InChI=1S/C17H19N3O/c1-12-2-5-15(6-3-12)19-17(21)11-20-9-8-13-10-14(18)4-7-16(13)20/h2-7,10H,8-9,11,18H2,1H3,(H,19,21). The van der Waals surface area contributed by atoms with Gasteiger partial charge < -0.3 is 16.0 Å². The SMILES string of the molecule is Cc1ccc(NC(=O)CN2CCc3cc(N)ccc32)cc1. The summed E-state index contributed by atoms with van der Waals surface area (Å²) >= 11 is 0. The number of hydrogen-bond acceptors (Lipinski definition) is 3. The molecule has 0 saturated carbocycles. The summed E-state index contributed by atoms with van der Waals surface area (Å²) in [4.78, 5) is 14.2. The van der Waals surface area contributed by atoms with Crippen LogP contribution in [0.4, 0.5) is 17.1 Å². The Bertz CT molecular complexity index is 664. The van der Waals surface area contributed by atoms with Crippen LogP contribution in [0.15, 0.2) is 42.5 Å². The van der Waals surface area contributed by atoms with E-state index in [9.17, 15) is 4.79 Å². The molecule has 108 valence electrons. The number of carbonyl (C=O) groups is 1. The number of fused-ring (bicyclic) bond motifs is 1. The Hall–Kier alpha value is -2.49. The fraction of sp³-hybridized carbons (Fsp3) is 0.235. The highest BCUT2D eigenvalue weighted by Crippen LogP contribution is 2.29. The first-order valence-electron chi connectivity index (χ1n) is 7.12. The minimum Gasteiger partial charge on any atom is -0.399 e. The zero-order valence-electron chi connectivity index (χ0n) is 12.1. The van der Waals surface area contributed by atoms with Gasteiger partial charge in [0.2, 0.25) is 5.91 Å². The normalized spacial score (nSPS) is 13.1. The lowest BCUT2D eigenvalue weighted by atomic mass is 10.1. The second-order valence-corrected chi connectivity index (χ2v) is 5.47. The summed E-state index contributed by atoms with van der Waals surface area (Å²) in [5, 5.41) is 2.93. The Balaban J connectivity index is 1.65. The Labute approximate surface area is 124 Å². The molecule has 4 heteroatoms. The number of aryl methyl sites for hydroxylation is 1. The molecule has 0 aliphatic carbocycles. The molecule has 0 atom stereocenters. The Kier molecular flexibility index (Phi) is 3.52. The minimum atomic E-state index is 0.00327. The van der Waals surface area contributed by atoms with Crippen molar-refractivity contribution in [2.45, 2.75) is 13.3 Å². The quantitative estimate of drug-likeness (QED) is 0.850. The molecule has 0 bridgehead atoms. The monoisotopic (exact) mass is 281 g/mol. The maximum absolute atomic E-state index is 12.2. The molecule has 0 unspecified atom stereocenters. The predicted molar refractivity (Wildman–Crippen MR) is 86.6 cm³/mol. The first-order valence-corrected chi connectivity index (χ1v) is 7.12. The van der Waals surface area contributed by atoms with Crippen LogP contribution in [0.1, 0.15) is 11.1 Å². The molecule has 1 aliphatic rings. The number of amides is 1. The molecule has 2 aromatic carbocycles. The average molecular weight is 281 g/mol. The summed E-state index contributed by atoms with van der Waals surface area (Å²) in [6.07, 6.45) is 0.943. The molecular weight excluding hydrogens is 262 g/mol. The molecule has 2 aromatic rings. The van der Waals surface area contributed by atoms with E-state index in [1.807, 2.05) is 49.4 Å². The van der Waals surface area contributed by atoms with E-state index in [2.05, 4.69) is 10.2 Å². The molecule has 21 heavy (non-hydrogen) atoms. The highest BCUT2D eigenvalue weighted by atomic mass is 16.2. The zero-order chi connectivity index (χ0) is 14.8. The molecule has 0 saturated heterocycles. The van der Waals surface area contributed by atoms with Crippen LogP contribution >= 0.6 is 0 Å².